The molecule has 1 aromatic rings. The van der Waals surface area contributed by atoms with Crippen molar-refractivity contribution in [2.45, 2.75) is 31.7 Å². The molecule has 1 aliphatic rings. The van der Waals surface area contributed by atoms with Crippen molar-refractivity contribution in [3.8, 4) is 0 Å². The number of anilines is 2. The molecule has 0 unspecified atom stereocenters. The number of carbonyl (C=O) groups excluding carboxylic acids is 1. The topological polar surface area (TPSA) is 85.2 Å². The highest BCUT2D eigenvalue weighted by molar-refractivity contribution is 6.29. The summed E-state index contributed by atoms with van der Waals surface area (Å²) in [5.41, 5.74) is 11.6. The number of rotatable bonds is 4. The number of primary amides is 1. The summed E-state index contributed by atoms with van der Waals surface area (Å²) in [6, 6.07) is 3.61. The van der Waals surface area contributed by atoms with Crippen LogP contribution in [0.1, 0.15) is 25.7 Å². The molecule has 0 atom stereocenters. The molecule has 1 amide bonds. The van der Waals surface area contributed by atoms with Gasteiger partial charge in [-0.3, -0.25) is 4.79 Å². The Morgan fingerprint density at radius 1 is 1.44 bits per heavy atom. The smallest absolute Gasteiger partial charge is 0.237 e. The number of amides is 1. The molecule has 0 radical (unpaired) electrons. The predicted octanol–water partition coefficient (Wildman–Crippen LogP) is 1.55. The van der Waals surface area contributed by atoms with Gasteiger partial charge in [-0.15, -0.1) is 0 Å². The van der Waals surface area contributed by atoms with Crippen LogP contribution in [0, 0.1) is 0 Å². The summed E-state index contributed by atoms with van der Waals surface area (Å²) in [4.78, 5) is 17.3. The zero-order chi connectivity index (χ0) is 13.1. The number of hydrogen-bond acceptors (Lipinski definition) is 4. The molecule has 1 aliphatic carbocycles. The van der Waals surface area contributed by atoms with Crippen molar-refractivity contribution in [1.29, 1.82) is 0 Å². The van der Waals surface area contributed by atoms with Crippen LogP contribution in [-0.2, 0) is 4.79 Å². The molecule has 4 N–H and O–H groups in total. The zero-order valence-corrected chi connectivity index (χ0v) is 10.9. The largest absolute Gasteiger partial charge is 0.399 e. The average Bonchev–Trinajstić information content (AvgIpc) is 2.77. The predicted molar refractivity (Wildman–Crippen MR) is 72.5 cm³/mol. The first-order valence-electron chi connectivity index (χ1n) is 6.04. The number of pyridine rings is 1. The molecule has 6 heteroatoms. The van der Waals surface area contributed by atoms with Crippen LogP contribution in [0.4, 0.5) is 11.5 Å². The summed E-state index contributed by atoms with van der Waals surface area (Å²) < 4.78 is 0. The SMILES string of the molecule is NC(=O)CN(c1cc(N)cc(Cl)n1)C1CCCC1. The van der Waals surface area contributed by atoms with Crippen molar-refractivity contribution in [3.63, 3.8) is 0 Å². The molecule has 18 heavy (non-hydrogen) atoms. The van der Waals surface area contributed by atoms with Gasteiger partial charge in [-0.25, -0.2) is 4.98 Å². The molecule has 0 bridgehead atoms. The summed E-state index contributed by atoms with van der Waals surface area (Å²) in [6.45, 7) is 0.150. The third-order valence-corrected chi connectivity index (χ3v) is 3.38. The van der Waals surface area contributed by atoms with Crippen LogP contribution in [0.25, 0.3) is 0 Å². The van der Waals surface area contributed by atoms with Crippen molar-refractivity contribution in [3.05, 3.63) is 17.3 Å². The molecule has 98 valence electrons. The van der Waals surface area contributed by atoms with E-state index in [1.165, 1.54) is 0 Å². The molecule has 0 spiro atoms. The van der Waals surface area contributed by atoms with Crippen LogP contribution in [0.3, 0.4) is 0 Å². The summed E-state index contributed by atoms with van der Waals surface area (Å²) in [6.07, 6.45) is 4.41. The van der Waals surface area contributed by atoms with Crippen molar-refractivity contribution in [2.24, 2.45) is 5.73 Å². The standard InChI is InChI=1S/C12H17ClN4O/c13-10-5-8(14)6-12(16-10)17(7-11(15)18)9-3-1-2-4-9/h5-6,9H,1-4,7H2,(H2,14,16)(H2,15,18). The first-order valence-corrected chi connectivity index (χ1v) is 6.42. The van der Waals surface area contributed by atoms with Gasteiger partial charge in [0.1, 0.15) is 11.0 Å². The van der Waals surface area contributed by atoms with E-state index in [4.69, 9.17) is 23.1 Å². The van der Waals surface area contributed by atoms with Gasteiger partial charge in [-0.1, -0.05) is 24.4 Å². The second-order valence-corrected chi connectivity index (χ2v) is 5.00. The molecule has 1 heterocycles. The Bertz CT molecular complexity index is 425. The number of aromatic nitrogens is 1. The maximum atomic E-state index is 11.2. The lowest BCUT2D eigenvalue weighted by molar-refractivity contribution is -0.116. The van der Waals surface area contributed by atoms with E-state index in [2.05, 4.69) is 4.98 Å². The second kappa shape index (κ2) is 5.44. The Balaban J connectivity index is 2.28. The molecule has 5 nitrogen and oxygen atoms in total. The van der Waals surface area contributed by atoms with Crippen molar-refractivity contribution in [2.75, 3.05) is 17.2 Å². The van der Waals surface area contributed by atoms with E-state index in [1.807, 2.05) is 4.90 Å². The average molecular weight is 269 g/mol. The first kappa shape index (κ1) is 13.0. The molecular formula is C12H17ClN4O. The first-order chi connectivity index (χ1) is 8.56. The maximum Gasteiger partial charge on any atom is 0.237 e. The highest BCUT2D eigenvalue weighted by Gasteiger charge is 2.25. The van der Waals surface area contributed by atoms with Gasteiger partial charge in [0.25, 0.3) is 0 Å². The van der Waals surface area contributed by atoms with Crippen molar-refractivity contribution < 1.29 is 4.79 Å². The lowest BCUT2D eigenvalue weighted by Crippen LogP contribution is -2.40. The monoisotopic (exact) mass is 268 g/mol. The molecule has 0 saturated heterocycles. The fourth-order valence-electron chi connectivity index (χ4n) is 2.43. The van der Waals surface area contributed by atoms with Gasteiger partial charge >= 0.3 is 0 Å². The van der Waals surface area contributed by atoms with Crippen LogP contribution < -0.4 is 16.4 Å². The minimum absolute atomic E-state index is 0.150. The van der Waals surface area contributed by atoms with Gasteiger partial charge in [0.15, 0.2) is 0 Å². The highest BCUT2D eigenvalue weighted by atomic mass is 35.5. The summed E-state index contributed by atoms with van der Waals surface area (Å²) in [7, 11) is 0. The number of halogens is 1. The molecular weight excluding hydrogens is 252 g/mol. The van der Waals surface area contributed by atoms with E-state index >= 15 is 0 Å². The highest BCUT2D eigenvalue weighted by Crippen LogP contribution is 2.28. The van der Waals surface area contributed by atoms with Crippen LogP contribution in [0.2, 0.25) is 5.15 Å². The van der Waals surface area contributed by atoms with Gasteiger partial charge in [0, 0.05) is 17.8 Å². The van der Waals surface area contributed by atoms with E-state index in [1.54, 1.807) is 12.1 Å². The van der Waals surface area contributed by atoms with Crippen molar-refractivity contribution >= 4 is 29.0 Å². The van der Waals surface area contributed by atoms with E-state index in [0.717, 1.165) is 25.7 Å². The molecule has 1 fully saturated rings. The fourth-order valence-corrected chi connectivity index (χ4v) is 2.64. The van der Waals surface area contributed by atoms with E-state index in [9.17, 15) is 4.79 Å². The van der Waals surface area contributed by atoms with Crippen LogP contribution in [0.15, 0.2) is 12.1 Å². The summed E-state index contributed by atoms with van der Waals surface area (Å²) >= 11 is 5.90. The van der Waals surface area contributed by atoms with E-state index in [0.29, 0.717) is 22.7 Å². The number of nitrogen functional groups attached to an aromatic ring is 1. The molecule has 2 rings (SSSR count). The van der Waals surface area contributed by atoms with Gasteiger partial charge < -0.3 is 16.4 Å². The number of nitrogens with zero attached hydrogens (tertiary/aromatic N) is 2. The minimum atomic E-state index is -0.373. The minimum Gasteiger partial charge on any atom is -0.399 e. The molecule has 1 aromatic heterocycles. The Labute approximate surface area is 111 Å². The Morgan fingerprint density at radius 3 is 2.67 bits per heavy atom. The Morgan fingerprint density at radius 2 is 2.11 bits per heavy atom. The van der Waals surface area contributed by atoms with E-state index in [-0.39, 0.29) is 12.5 Å². The normalized spacial score (nSPS) is 15.8. The maximum absolute atomic E-state index is 11.2. The Hall–Kier alpha value is -1.49. The third kappa shape index (κ3) is 3.04. The van der Waals surface area contributed by atoms with Gasteiger partial charge in [0.2, 0.25) is 5.91 Å². The molecule has 1 saturated carbocycles. The Kier molecular flexibility index (Phi) is 3.91. The number of nitrogens with two attached hydrogens (primary N) is 2. The number of carbonyl (C=O) groups is 1. The van der Waals surface area contributed by atoms with E-state index < -0.39 is 0 Å². The zero-order valence-electron chi connectivity index (χ0n) is 10.1. The second-order valence-electron chi connectivity index (χ2n) is 4.61. The van der Waals surface area contributed by atoms with Gasteiger partial charge in [-0.05, 0) is 18.9 Å². The van der Waals surface area contributed by atoms with Crippen LogP contribution >= 0.6 is 11.6 Å². The van der Waals surface area contributed by atoms with Gasteiger partial charge in [0.05, 0.1) is 6.54 Å². The van der Waals surface area contributed by atoms with Gasteiger partial charge in [-0.2, -0.15) is 0 Å². The quantitative estimate of drug-likeness (QED) is 0.812. The summed E-state index contributed by atoms with van der Waals surface area (Å²) in [5.74, 6) is 0.257. The van der Waals surface area contributed by atoms with Crippen LogP contribution in [-0.4, -0.2) is 23.5 Å². The summed E-state index contributed by atoms with van der Waals surface area (Å²) in [5, 5.41) is 0.331. The lowest BCUT2D eigenvalue weighted by Gasteiger charge is -2.29. The van der Waals surface area contributed by atoms with Crippen molar-refractivity contribution in [1.82, 2.24) is 4.98 Å². The van der Waals surface area contributed by atoms with Crippen LogP contribution in [0.5, 0.6) is 0 Å². The lowest BCUT2D eigenvalue weighted by atomic mass is 10.2. The third-order valence-electron chi connectivity index (χ3n) is 3.19. The number of hydrogen-bond donors (Lipinski definition) is 2. The molecule has 0 aliphatic heterocycles. The molecule has 0 aromatic carbocycles. The fraction of sp³-hybridized carbons (Fsp3) is 0.500.